The predicted molar refractivity (Wildman–Crippen MR) is 82.3 cm³/mol. The average molecular weight is 321 g/mol. The number of aromatic nitrogens is 2. The molecule has 3 rings (SSSR count). The fourth-order valence-corrected chi connectivity index (χ4v) is 2.45. The first kappa shape index (κ1) is 13.9. The Labute approximate surface area is 130 Å². The van der Waals surface area contributed by atoms with E-state index in [1.54, 1.807) is 36.5 Å². The van der Waals surface area contributed by atoms with Gasteiger partial charge in [0.2, 0.25) is 0 Å². The zero-order chi connectivity index (χ0) is 14.8. The monoisotopic (exact) mass is 320 g/mol. The molecule has 0 saturated heterocycles. The highest BCUT2D eigenvalue weighted by Crippen LogP contribution is 2.32. The molecule has 0 unspecified atom stereocenters. The number of hydrogen-bond acceptors (Lipinski definition) is 3. The van der Waals surface area contributed by atoms with E-state index in [0.29, 0.717) is 27.1 Å². The van der Waals surface area contributed by atoms with Crippen LogP contribution < -0.4 is 10.3 Å². The van der Waals surface area contributed by atoms with E-state index < -0.39 is 0 Å². The summed E-state index contributed by atoms with van der Waals surface area (Å²) in [5.74, 6) is 0.385. The van der Waals surface area contributed by atoms with Crippen LogP contribution in [0.1, 0.15) is 5.69 Å². The number of para-hydroxylation sites is 1. The highest BCUT2D eigenvalue weighted by atomic mass is 35.5. The Balaban J connectivity index is 1.91. The molecule has 0 N–H and O–H groups in total. The van der Waals surface area contributed by atoms with Crippen molar-refractivity contribution in [3.63, 3.8) is 0 Å². The SMILES string of the molecule is O=c1cc(COc2c(Cl)cccc2Cl)nc2ccccn12. The summed E-state index contributed by atoms with van der Waals surface area (Å²) >= 11 is 12.1. The van der Waals surface area contributed by atoms with Crippen LogP contribution >= 0.6 is 23.2 Å². The minimum atomic E-state index is -0.163. The fourth-order valence-electron chi connectivity index (χ4n) is 1.94. The molecule has 0 spiro atoms. The Morgan fingerprint density at radius 3 is 2.62 bits per heavy atom. The summed E-state index contributed by atoms with van der Waals surface area (Å²) in [4.78, 5) is 16.3. The van der Waals surface area contributed by atoms with Crippen LogP contribution in [0.2, 0.25) is 10.0 Å². The molecule has 0 bridgehead atoms. The molecule has 0 saturated carbocycles. The summed E-state index contributed by atoms with van der Waals surface area (Å²) in [5.41, 5.74) is 0.917. The summed E-state index contributed by atoms with van der Waals surface area (Å²) in [6.45, 7) is 0.115. The second kappa shape index (κ2) is 5.76. The van der Waals surface area contributed by atoms with Gasteiger partial charge in [0.05, 0.1) is 15.7 Å². The Kier molecular flexibility index (Phi) is 3.82. The molecule has 0 atom stereocenters. The van der Waals surface area contributed by atoms with Crippen LogP contribution in [0.25, 0.3) is 5.65 Å². The molecule has 6 heteroatoms. The zero-order valence-corrected chi connectivity index (χ0v) is 12.3. The molecule has 2 aromatic heterocycles. The molecule has 0 fully saturated rings. The molecular formula is C15H10Cl2N2O2. The first-order valence-electron chi connectivity index (χ1n) is 6.19. The number of ether oxygens (including phenoxy) is 1. The maximum atomic E-state index is 12.0. The summed E-state index contributed by atoms with van der Waals surface area (Å²) in [6.07, 6.45) is 1.67. The standard InChI is InChI=1S/C15H10Cl2N2O2/c16-11-4-3-5-12(17)15(11)21-9-10-8-14(20)19-7-2-1-6-13(19)18-10/h1-8H,9H2. The molecule has 0 aliphatic carbocycles. The van der Waals surface area contributed by atoms with Crippen molar-refractivity contribution in [2.45, 2.75) is 6.61 Å². The van der Waals surface area contributed by atoms with Gasteiger partial charge in [-0.15, -0.1) is 0 Å². The van der Waals surface area contributed by atoms with Crippen LogP contribution in [-0.4, -0.2) is 9.38 Å². The van der Waals surface area contributed by atoms with Crippen molar-refractivity contribution in [2.24, 2.45) is 0 Å². The van der Waals surface area contributed by atoms with E-state index in [1.807, 2.05) is 6.07 Å². The van der Waals surface area contributed by atoms with Gasteiger partial charge in [0.25, 0.3) is 5.56 Å². The lowest BCUT2D eigenvalue weighted by molar-refractivity contribution is 0.301. The topological polar surface area (TPSA) is 43.6 Å². The molecule has 106 valence electrons. The highest BCUT2D eigenvalue weighted by Gasteiger charge is 2.08. The summed E-state index contributed by atoms with van der Waals surface area (Å²) in [6, 6.07) is 11.9. The Morgan fingerprint density at radius 2 is 1.86 bits per heavy atom. The van der Waals surface area contributed by atoms with Gasteiger partial charge in [0.15, 0.2) is 5.75 Å². The number of benzene rings is 1. The van der Waals surface area contributed by atoms with Crippen LogP contribution in [0, 0.1) is 0 Å². The molecule has 4 nitrogen and oxygen atoms in total. The lowest BCUT2D eigenvalue weighted by atomic mass is 10.3. The minimum Gasteiger partial charge on any atom is -0.484 e. The number of nitrogens with zero attached hydrogens (tertiary/aromatic N) is 2. The van der Waals surface area contributed by atoms with Crippen molar-refractivity contribution in [3.8, 4) is 5.75 Å². The Morgan fingerprint density at radius 1 is 1.10 bits per heavy atom. The third-order valence-corrected chi connectivity index (χ3v) is 3.50. The van der Waals surface area contributed by atoms with E-state index in [2.05, 4.69) is 4.98 Å². The van der Waals surface area contributed by atoms with Crippen LogP contribution in [0.15, 0.2) is 53.5 Å². The third kappa shape index (κ3) is 2.86. The highest BCUT2D eigenvalue weighted by molar-refractivity contribution is 6.37. The van der Waals surface area contributed by atoms with Gasteiger partial charge in [-0.3, -0.25) is 9.20 Å². The molecule has 1 aromatic carbocycles. The predicted octanol–water partition coefficient (Wildman–Crippen LogP) is 3.58. The van der Waals surface area contributed by atoms with Crippen molar-refractivity contribution in [1.82, 2.24) is 9.38 Å². The molecule has 0 aliphatic rings. The first-order chi connectivity index (χ1) is 10.1. The average Bonchev–Trinajstić information content (AvgIpc) is 2.47. The maximum absolute atomic E-state index is 12.0. The van der Waals surface area contributed by atoms with Gasteiger partial charge in [0, 0.05) is 12.3 Å². The van der Waals surface area contributed by atoms with Gasteiger partial charge < -0.3 is 4.74 Å². The largest absolute Gasteiger partial charge is 0.484 e. The van der Waals surface area contributed by atoms with Crippen molar-refractivity contribution in [3.05, 3.63) is 74.8 Å². The van der Waals surface area contributed by atoms with Gasteiger partial charge >= 0.3 is 0 Å². The number of hydrogen-bond donors (Lipinski definition) is 0. The van der Waals surface area contributed by atoms with Gasteiger partial charge in [-0.25, -0.2) is 4.98 Å². The van der Waals surface area contributed by atoms with Gasteiger partial charge in [-0.1, -0.05) is 35.3 Å². The summed E-state index contributed by atoms with van der Waals surface area (Å²) in [7, 11) is 0. The summed E-state index contributed by atoms with van der Waals surface area (Å²) in [5, 5.41) is 0.833. The van der Waals surface area contributed by atoms with E-state index in [9.17, 15) is 4.79 Å². The number of fused-ring (bicyclic) bond motifs is 1. The van der Waals surface area contributed by atoms with Gasteiger partial charge in [-0.05, 0) is 24.3 Å². The first-order valence-corrected chi connectivity index (χ1v) is 6.95. The molecule has 3 aromatic rings. The quantitative estimate of drug-likeness (QED) is 0.740. The van der Waals surface area contributed by atoms with Crippen LogP contribution in [0.3, 0.4) is 0 Å². The molecule has 0 aliphatic heterocycles. The Bertz CT molecular complexity index is 841. The molecule has 21 heavy (non-hydrogen) atoms. The van der Waals surface area contributed by atoms with Crippen LogP contribution in [0.5, 0.6) is 5.75 Å². The van der Waals surface area contributed by atoms with E-state index in [-0.39, 0.29) is 12.2 Å². The van der Waals surface area contributed by atoms with Crippen molar-refractivity contribution in [1.29, 1.82) is 0 Å². The molecule has 0 radical (unpaired) electrons. The van der Waals surface area contributed by atoms with Gasteiger partial charge in [-0.2, -0.15) is 0 Å². The third-order valence-electron chi connectivity index (χ3n) is 2.91. The number of pyridine rings is 1. The van der Waals surface area contributed by atoms with E-state index in [0.717, 1.165) is 0 Å². The van der Waals surface area contributed by atoms with Crippen molar-refractivity contribution < 1.29 is 4.74 Å². The lowest BCUT2D eigenvalue weighted by Crippen LogP contribution is -2.16. The fraction of sp³-hybridized carbons (Fsp3) is 0.0667. The second-order valence-corrected chi connectivity index (χ2v) is 5.17. The van der Waals surface area contributed by atoms with Crippen molar-refractivity contribution >= 4 is 28.8 Å². The second-order valence-electron chi connectivity index (χ2n) is 4.35. The Hall–Kier alpha value is -2.04. The van der Waals surface area contributed by atoms with Crippen molar-refractivity contribution in [2.75, 3.05) is 0 Å². The van der Waals surface area contributed by atoms with E-state index in [1.165, 1.54) is 10.5 Å². The van der Waals surface area contributed by atoms with E-state index in [4.69, 9.17) is 27.9 Å². The smallest absolute Gasteiger partial charge is 0.258 e. The molecule has 0 amide bonds. The lowest BCUT2D eigenvalue weighted by Gasteiger charge is -2.09. The van der Waals surface area contributed by atoms with E-state index >= 15 is 0 Å². The molecular weight excluding hydrogens is 311 g/mol. The minimum absolute atomic E-state index is 0.115. The molecule has 2 heterocycles. The number of halogens is 2. The van der Waals surface area contributed by atoms with Crippen LogP contribution in [-0.2, 0) is 6.61 Å². The van der Waals surface area contributed by atoms with Gasteiger partial charge in [0.1, 0.15) is 12.3 Å². The van der Waals surface area contributed by atoms with Crippen LogP contribution in [0.4, 0.5) is 0 Å². The number of rotatable bonds is 3. The maximum Gasteiger partial charge on any atom is 0.258 e. The summed E-state index contributed by atoms with van der Waals surface area (Å²) < 4.78 is 7.05. The zero-order valence-electron chi connectivity index (χ0n) is 10.8. The normalized spacial score (nSPS) is 10.8.